The third-order valence-electron chi connectivity index (χ3n) is 4.36. The maximum Gasteiger partial charge on any atom is 0.419 e. The van der Waals surface area contributed by atoms with Crippen molar-refractivity contribution >= 4 is 17.0 Å². The third kappa shape index (κ3) is 3.47. The molecular weight excluding hydrogens is 296 g/mol. The highest BCUT2D eigenvalue weighted by atomic mass is 16.5. The molecule has 3 rings (SSSR count). The van der Waals surface area contributed by atoms with E-state index >= 15 is 0 Å². The SMILES string of the molecule is CCN(CC1CCOC1)C(=O)CCn1c(=O)oc2ccccc21. The average Bonchev–Trinajstić information content (AvgIpc) is 3.17. The molecule has 1 aromatic carbocycles. The van der Waals surface area contributed by atoms with Gasteiger partial charge in [-0.05, 0) is 25.5 Å². The van der Waals surface area contributed by atoms with Crippen LogP contribution in [0.3, 0.4) is 0 Å². The van der Waals surface area contributed by atoms with Crippen molar-refractivity contribution in [2.45, 2.75) is 26.3 Å². The van der Waals surface area contributed by atoms with Crippen molar-refractivity contribution < 1.29 is 13.9 Å². The van der Waals surface area contributed by atoms with Crippen LogP contribution in [0.1, 0.15) is 19.8 Å². The fourth-order valence-electron chi connectivity index (χ4n) is 3.04. The summed E-state index contributed by atoms with van der Waals surface area (Å²) in [4.78, 5) is 26.2. The first-order chi connectivity index (χ1) is 11.2. The minimum atomic E-state index is -0.411. The van der Waals surface area contributed by atoms with Crippen molar-refractivity contribution in [3.8, 4) is 0 Å². The molecule has 6 nitrogen and oxygen atoms in total. The van der Waals surface area contributed by atoms with E-state index in [1.165, 1.54) is 4.57 Å². The van der Waals surface area contributed by atoms with E-state index in [-0.39, 0.29) is 5.91 Å². The highest BCUT2D eigenvalue weighted by Gasteiger charge is 2.21. The first kappa shape index (κ1) is 15.8. The van der Waals surface area contributed by atoms with Crippen LogP contribution in [0.4, 0.5) is 0 Å². The molecule has 1 amide bonds. The number of oxazole rings is 1. The normalized spacial score (nSPS) is 17.7. The lowest BCUT2D eigenvalue weighted by atomic mass is 10.1. The average molecular weight is 318 g/mol. The zero-order chi connectivity index (χ0) is 16.2. The van der Waals surface area contributed by atoms with Gasteiger partial charge in [0.25, 0.3) is 0 Å². The molecule has 23 heavy (non-hydrogen) atoms. The Bertz CT molecular complexity index is 728. The topological polar surface area (TPSA) is 64.7 Å². The minimum absolute atomic E-state index is 0.0663. The van der Waals surface area contributed by atoms with Crippen molar-refractivity contribution in [3.63, 3.8) is 0 Å². The number of ether oxygens (including phenoxy) is 1. The van der Waals surface area contributed by atoms with Gasteiger partial charge in [0.2, 0.25) is 5.91 Å². The molecule has 1 aliphatic heterocycles. The Labute approximate surface area is 134 Å². The van der Waals surface area contributed by atoms with Crippen LogP contribution in [0.2, 0.25) is 0 Å². The predicted octanol–water partition coefficient (Wildman–Crippen LogP) is 1.87. The van der Waals surface area contributed by atoms with E-state index in [9.17, 15) is 9.59 Å². The number of para-hydroxylation sites is 2. The van der Waals surface area contributed by atoms with Crippen LogP contribution in [-0.2, 0) is 16.1 Å². The molecule has 6 heteroatoms. The van der Waals surface area contributed by atoms with Crippen molar-refractivity contribution in [1.82, 2.24) is 9.47 Å². The molecule has 1 unspecified atom stereocenters. The number of carbonyl (C=O) groups is 1. The molecule has 0 spiro atoms. The number of carbonyl (C=O) groups excluding carboxylic acids is 1. The molecule has 0 aliphatic carbocycles. The molecule has 1 fully saturated rings. The zero-order valence-corrected chi connectivity index (χ0v) is 13.4. The highest BCUT2D eigenvalue weighted by Crippen LogP contribution is 2.15. The Balaban J connectivity index is 1.64. The van der Waals surface area contributed by atoms with E-state index in [2.05, 4.69) is 0 Å². The molecule has 2 heterocycles. The van der Waals surface area contributed by atoms with Gasteiger partial charge in [-0.1, -0.05) is 12.1 Å². The molecule has 0 bridgehead atoms. The number of aryl methyl sites for hydroxylation is 1. The summed E-state index contributed by atoms with van der Waals surface area (Å²) in [5.74, 6) is 0.0826. The predicted molar refractivity (Wildman–Crippen MR) is 86.3 cm³/mol. The van der Waals surface area contributed by atoms with Gasteiger partial charge in [0.1, 0.15) is 0 Å². The summed E-state index contributed by atoms with van der Waals surface area (Å²) in [6.45, 7) is 5.24. The maximum atomic E-state index is 12.4. The van der Waals surface area contributed by atoms with Gasteiger partial charge >= 0.3 is 5.76 Å². The number of rotatable bonds is 6. The van der Waals surface area contributed by atoms with Crippen LogP contribution in [0.5, 0.6) is 0 Å². The van der Waals surface area contributed by atoms with Crippen LogP contribution in [0.25, 0.3) is 11.1 Å². The molecule has 1 atom stereocenters. The van der Waals surface area contributed by atoms with Crippen LogP contribution in [0, 0.1) is 5.92 Å². The Morgan fingerprint density at radius 3 is 2.96 bits per heavy atom. The quantitative estimate of drug-likeness (QED) is 0.815. The monoisotopic (exact) mass is 318 g/mol. The Morgan fingerprint density at radius 1 is 1.39 bits per heavy atom. The molecule has 2 aromatic rings. The van der Waals surface area contributed by atoms with Crippen molar-refractivity contribution in [2.24, 2.45) is 5.92 Å². The van der Waals surface area contributed by atoms with Gasteiger partial charge < -0.3 is 14.1 Å². The fraction of sp³-hybridized carbons (Fsp3) is 0.529. The second kappa shape index (κ2) is 7.00. The lowest BCUT2D eigenvalue weighted by Crippen LogP contribution is -2.36. The number of nitrogens with zero attached hydrogens (tertiary/aromatic N) is 2. The molecule has 1 saturated heterocycles. The molecular formula is C17H22N2O4. The Morgan fingerprint density at radius 2 is 2.22 bits per heavy atom. The van der Waals surface area contributed by atoms with Gasteiger partial charge in [-0.3, -0.25) is 9.36 Å². The summed E-state index contributed by atoms with van der Waals surface area (Å²) in [6.07, 6.45) is 1.31. The van der Waals surface area contributed by atoms with Crippen LogP contribution < -0.4 is 5.76 Å². The van der Waals surface area contributed by atoms with Crippen molar-refractivity contribution in [2.75, 3.05) is 26.3 Å². The first-order valence-corrected chi connectivity index (χ1v) is 8.13. The van der Waals surface area contributed by atoms with E-state index in [1.54, 1.807) is 6.07 Å². The minimum Gasteiger partial charge on any atom is -0.408 e. The zero-order valence-electron chi connectivity index (χ0n) is 13.4. The van der Waals surface area contributed by atoms with Gasteiger partial charge in [0, 0.05) is 38.6 Å². The van der Waals surface area contributed by atoms with E-state index in [0.717, 1.165) is 31.7 Å². The number of benzene rings is 1. The van der Waals surface area contributed by atoms with Gasteiger partial charge in [0.05, 0.1) is 12.1 Å². The van der Waals surface area contributed by atoms with Crippen LogP contribution in [-0.4, -0.2) is 41.7 Å². The standard InChI is InChI=1S/C17H22N2O4/c1-2-18(11-13-8-10-22-12-13)16(20)7-9-19-14-5-3-4-6-15(14)23-17(19)21/h3-6,13H,2,7-12H2,1H3. The molecule has 0 N–H and O–H groups in total. The molecule has 0 saturated carbocycles. The third-order valence-corrected chi connectivity index (χ3v) is 4.36. The molecule has 1 aliphatic rings. The number of aromatic nitrogens is 1. The van der Waals surface area contributed by atoms with E-state index in [1.807, 2.05) is 30.0 Å². The molecule has 0 radical (unpaired) electrons. The lowest BCUT2D eigenvalue weighted by molar-refractivity contribution is -0.131. The van der Waals surface area contributed by atoms with Crippen molar-refractivity contribution in [1.29, 1.82) is 0 Å². The Hall–Kier alpha value is -2.08. The number of hydrogen-bond acceptors (Lipinski definition) is 4. The highest BCUT2D eigenvalue weighted by molar-refractivity contribution is 5.77. The lowest BCUT2D eigenvalue weighted by Gasteiger charge is -2.23. The van der Waals surface area contributed by atoms with E-state index < -0.39 is 5.76 Å². The van der Waals surface area contributed by atoms with Crippen LogP contribution in [0.15, 0.2) is 33.5 Å². The Kier molecular flexibility index (Phi) is 4.81. The number of amides is 1. The second-order valence-electron chi connectivity index (χ2n) is 5.90. The summed E-state index contributed by atoms with van der Waals surface area (Å²) in [7, 11) is 0. The first-order valence-electron chi connectivity index (χ1n) is 8.13. The number of fused-ring (bicyclic) bond motifs is 1. The maximum absolute atomic E-state index is 12.4. The van der Waals surface area contributed by atoms with Gasteiger partial charge in [-0.25, -0.2) is 4.79 Å². The van der Waals surface area contributed by atoms with E-state index in [4.69, 9.17) is 9.15 Å². The van der Waals surface area contributed by atoms with Gasteiger partial charge in [-0.15, -0.1) is 0 Å². The van der Waals surface area contributed by atoms with Gasteiger partial charge in [-0.2, -0.15) is 0 Å². The van der Waals surface area contributed by atoms with E-state index in [0.29, 0.717) is 31.0 Å². The smallest absolute Gasteiger partial charge is 0.408 e. The number of hydrogen-bond donors (Lipinski definition) is 0. The fourth-order valence-corrected chi connectivity index (χ4v) is 3.04. The largest absolute Gasteiger partial charge is 0.419 e. The molecule has 1 aromatic heterocycles. The van der Waals surface area contributed by atoms with Crippen LogP contribution >= 0.6 is 0 Å². The summed E-state index contributed by atoms with van der Waals surface area (Å²) in [5.41, 5.74) is 1.29. The van der Waals surface area contributed by atoms with Crippen molar-refractivity contribution in [3.05, 3.63) is 34.8 Å². The second-order valence-corrected chi connectivity index (χ2v) is 5.90. The molecule has 124 valence electrons. The summed E-state index contributed by atoms with van der Waals surface area (Å²) >= 11 is 0. The summed E-state index contributed by atoms with van der Waals surface area (Å²) in [6, 6.07) is 7.27. The summed E-state index contributed by atoms with van der Waals surface area (Å²) < 4.78 is 12.1. The summed E-state index contributed by atoms with van der Waals surface area (Å²) in [5, 5.41) is 0. The van der Waals surface area contributed by atoms with Gasteiger partial charge in [0.15, 0.2) is 5.58 Å².